The molecule has 0 spiro atoms. The Bertz CT molecular complexity index is 29.8. The molecule has 0 aliphatic carbocycles. The molecule has 0 saturated heterocycles. The zero-order valence-corrected chi connectivity index (χ0v) is 4.60. The fourth-order valence-corrected chi connectivity index (χ4v) is 0. The van der Waals surface area contributed by atoms with Gasteiger partial charge in [-0.1, -0.05) is 6.82 Å². The van der Waals surface area contributed by atoms with E-state index in [9.17, 15) is 0 Å². The quantitative estimate of drug-likeness (QED) is 0.396. The van der Waals surface area contributed by atoms with E-state index in [2.05, 4.69) is 0 Å². The van der Waals surface area contributed by atoms with Crippen LogP contribution in [0.4, 0.5) is 0 Å². The zero-order valence-electron chi connectivity index (χ0n) is 4.60. The predicted molar refractivity (Wildman–Crippen MR) is 31.1 cm³/mol. The third kappa shape index (κ3) is 2.33. The maximum Gasteiger partial charge on any atom is 0.165 e. The van der Waals surface area contributed by atoms with Crippen molar-refractivity contribution in [2.45, 2.75) is 6.82 Å². The van der Waals surface area contributed by atoms with Gasteiger partial charge < -0.3 is 4.81 Å². The number of nitrogens with zero attached hydrogens (tertiary/aromatic N) is 1. The van der Waals surface area contributed by atoms with Crippen LogP contribution in [0, 0.1) is 0 Å². The van der Waals surface area contributed by atoms with Gasteiger partial charge in [0.2, 0.25) is 0 Å². The molecule has 1 nitrogen and oxygen atoms in total. The molecule has 0 aliphatic rings. The van der Waals surface area contributed by atoms with Crippen LogP contribution in [0.3, 0.4) is 0 Å². The van der Waals surface area contributed by atoms with Gasteiger partial charge in [-0.05, 0) is 14.1 Å². The summed E-state index contributed by atoms with van der Waals surface area (Å²) >= 11 is 0. The van der Waals surface area contributed by atoms with E-state index in [-0.39, 0.29) is 6.74 Å². The highest BCUT2D eigenvalue weighted by Gasteiger charge is 1.95. The van der Waals surface area contributed by atoms with Crippen molar-refractivity contribution in [2.24, 2.45) is 0 Å². The summed E-state index contributed by atoms with van der Waals surface area (Å²) in [7, 11) is 9.26. The zero-order chi connectivity index (χ0) is 5.15. The lowest BCUT2D eigenvalue weighted by Crippen LogP contribution is -2.29. The second kappa shape index (κ2) is 2.30. The van der Waals surface area contributed by atoms with Gasteiger partial charge >= 0.3 is 0 Å². The van der Waals surface area contributed by atoms with E-state index in [1.807, 2.05) is 25.7 Å². The van der Waals surface area contributed by atoms with Gasteiger partial charge in [0.1, 0.15) is 0 Å². The summed E-state index contributed by atoms with van der Waals surface area (Å²) < 4.78 is 0. The number of hydrogen-bond donors (Lipinski definition) is 0. The monoisotopic (exact) mass is 81.1 g/mol. The fourth-order valence-electron chi connectivity index (χ4n) is 0. The lowest BCUT2D eigenvalue weighted by atomic mass is 9.44. The Morgan fingerprint density at radius 2 is 1.67 bits per heavy atom. The van der Waals surface area contributed by atoms with Crippen molar-refractivity contribution in [2.75, 3.05) is 14.1 Å². The van der Waals surface area contributed by atoms with Crippen LogP contribution in [0.25, 0.3) is 0 Å². The third-order valence-electron chi connectivity index (χ3n) is 0.815. The molecule has 0 aromatic heterocycles. The molecule has 32 valence electrons. The summed E-state index contributed by atoms with van der Waals surface area (Å²) in [5, 5.41) is 0. The van der Waals surface area contributed by atoms with Crippen molar-refractivity contribution in [3.8, 4) is 0 Å². The van der Waals surface area contributed by atoms with E-state index in [0.29, 0.717) is 0 Å². The van der Waals surface area contributed by atoms with Crippen molar-refractivity contribution < 1.29 is 0 Å². The van der Waals surface area contributed by atoms with Gasteiger partial charge in [0, 0.05) is 7.74 Å². The van der Waals surface area contributed by atoms with Crippen molar-refractivity contribution >= 4 is 14.5 Å². The Labute approximate surface area is 41.2 Å². The smallest absolute Gasteiger partial charge is 0.165 e. The van der Waals surface area contributed by atoms with Crippen molar-refractivity contribution in [3.63, 3.8) is 0 Å². The first-order valence-corrected chi connectivity index (χ1v) is 2.06. The second-order valence-corrected chi connectivity index (χ2v) is 1.70. The normalized spacial score (nSPS) is 9.33. The first-order chi connectivity index (χ1) is 2.64. The van der Waals surface area contributed by atoms with Crippen LogP contribution in [0.1, 0.15) is 0 Å². The first kappa shape index (κ1) is 6.09. The predicted octanol–water partition coefficient (Wildman–Crippen LogP) is -0.165. The first-order valence-electron chi connectivity index (χ1n) is 2.06. The Balaban J connectivity index is 2.99. The van der Waals surface area contributed by atoms with Crippen molar-refractivity contribution in [1.29, 1.82) is 0 Å². The van der Waals surface area contributed by atoms with Gasteiger partial charge in [0.25, 0.3) is 0 Å². The van der Waals surface area contributed by atoms with Gasteiger partial charge in [-0.25, -0.2) is 0 Å². The van der Waals surface area contributed by atoms with E-state index in [0.717, 1.165) is 0 Å². The minimum Gasteiger partial charge on any atom is -0.356 e. The van der Waals surface area contributed by atoms with E-state index in [1.54, 1.807) is 0 Å². The minimum atomic E-state index is 0.185. The maximum atomic E-state index is 5.36. The Morgan fingerprint density at radius 1 is 1.50 bits per heavy atom. The molecule has 0 aromatic rings. The molecule has 0 saturated carbocycles. The molecule has 0 unspecified atom stereocenters. The van der Waals surface area contributed by atoms with Gasteiger partial charge in [0.05, 0.1) is 0 Å². The molecular formula is C3H9B2N. The summed E-state index contributed by atoms with van der Waals surface area (Å²) in [6.07, 6.45) is 0. The van der Waals surface area contributed by atoms with Crippen LogP contribution in [-0.2, 0) is 0 Å². The molecule has 0 atom stereocenters. The number of hydrogen-bond acceptors (Lipinski definition) is 1. The Hall–Kier alpha value is 0.0899. The SMILES string of the molecule is [B]B(C)N(C)C. The highest BCUT2D eigenvalue weighted by atomic mass is 15.0. The van der Waals surface area contributed by atoms with Crippen molar-refractivity contribution in [3.05, 3.63) is 0 Å². The molecule has 0 amide bonds. The molecule has 0 aliphatic heterocycles. The van der Waals surface area contributed by atoms with Crippen LogP contribution in [0.2, 0.25) is 6.82 Å². The van der Waals surface area contributed by atoms with Gasteiger partial charge in [-0.15, -0.1) is 0 Å². The topological polar surface area (TPSA) is 3.24 Å². The molecule has 0 bridgehead atoms. The molecule has 0 aromatic carbocycles. The van der Waals surface area contributed by atoms with Crippen LogP contribution < -0.4 is 0 Å². The molecule has 3 heteroatoms. The average molecular weight is 80.7 g/mol. The maximum absolute atomic E-state index is 5.36. The van der Waals surface area contributed by atoms with Gasteiger partial charge in [-0.2, -0.15) is 0 Å². The summed E-state index contributed by atoms with van der Waals surface area (Å²) in [4.78, 5) is 1.94. The largest absolute Gasteiger partial charge is 0.356 e. The molecule has 2 radical (unpaired) electrons. The Kier molecular flexibility index (Phi) is 2.33. The molecule has 0 rings (SSSR count). The van der Waals surface area contributed by atoms with E-state index in [1.165, 1.54) is 0 Å². The van der Waals surface area contributed by atoms with Gasteiger partial charge in [0.15, 0.2) is 6.74 Å². The van der Waals surface area contributed by atoms with Crippen LogP contribution >= 0.6 is 0 Å². The second-order valence-electron chi connectivity index (χ2n) is 1.70. The molecule has 0 heterocycles. The molecule has 0 N–H and O–H groups in total. The van der Waals surface area contributed by atoms with Crippen LogP contribution in [0.5, 0.6) is 0 Å². The highest BCUT2D eigenvalue weighted by Crippen LogP contribution is 1.74. The van der Waals surface area contributed by atoms with Crippen LogP contribution in [0.15, 0.2) is 0 Å². The fraction of sp³-hybridized carbons (Fsp3) is 1.00. The lowest BCUT2D eigenvalue weighted by Gasteiger charge is -2.09. The Morgan fingerprint density at radius 3 is 1.67 bits per heavy atom. The summed E-state index contributed by atoms with van der Waals surface area (Å²) in [6.45, 7) is 2.13. The van der Waals surface area contributed by atoms with E-state index in [4.69, 9.17) is 7.74 Å². The summed E-state index contributed by atoms with van der Waals surface area (Å²) in [5.41, 5.74) is 0. The lowest BCUT2D eigenvalue weighted by molar-refractivity contribution is 0.658. The molecule has 6 heavy (non-hydrogen) atoms. The highest BCUT2D eigenvalue weighted by molar-refractivity contribution is 7.00. The van der Waals surface area contributed by atoms with E-state index < -0.39 is 0 Å². The average Bonchev–Trinajstić information content (AvgIpc) is 1.36. The molecular weight excluding hydrogens is 71.7 g/mol. The van der Waals surface area contributed by atoms with Crippen molar-refractivity contribution in [1.82, 2.24) is 4.81 Å². The molecule has 0 fully saturated rings. The minimum absolute atomic E-state index is 0.185. The van der Waals surface area contributed by atoms with Crippen LogP contribution in [-0.4, -0.2) is 33.4 Å². The summed E-state index contributed by atoms with van der Waals surface area (Å²) in [5.74, 6) is 0. The third-order valence-corrected chi connectivity index (χ3v) is 0.815. The number of rotatable bonds is 1. The van der Waals surface area contributed by atoms with E-state index >= 15 is 0 Å². The standard InChI is InChI=1S/C3H9B2N/c1-5(4)6(2)3/h1-3H3. The summed E-state index contributed by atoms with van der Waals surface area (Å²) in [6, 6.07) is 0. The van der Waals surface area contributed by atoms with Gasteiger partial charge in [-0.3, -0.25) is 0 Å².